The Morgan fingerprint density at radius 1 is 0.846 bits per heavy atom. The zero-order chi connectivity index (χ0) is 17.8. The van der Waals surface area contributed by atoms with Gasteiger partial charge in [0.1, 0.15) is 0 Å². The molecular formula is C19H10Cl2N4O. The summed E-state index contributed by atoms with van der Waals surface area (Å²) in [7, 11) is 0. The Hall–Kier alpha value is -2.89. The molecular weight excluding hydrogens is 371 g/mol. The van der Waals surface area contributed by atoms with E-state index in [4.69, 9.17) is 23.2 Å². The molecule has 3 heterocycles. The van der Waals surface area contributed by atoms with Crippen LogP contribution in [-0.4, -0.2) is 19.2 Å². The minimum Gasteiger partial charge on any atom is -0.267 e. The number of pyridine rings is 1. The van der Waals surface area contributed by atoms with Crippen LogP contribution in [0.4, 0.5) is 0 Å². The van der Waals surface area contributed by atoms with Crippen molar-refractivity contribution in [2.45, 2.75) is 0 Å². The van der Waals surface area contributed by atoms with E-state index in [1.807, 2.05) is 24.3 Å². The van der Waals surface area contributed by atoms with Gasteiger partial charge in [0.25, 0.3) is 5.56 Å². The predicted molar refractivity (Wildman–Crippen MR) is 104 cm³/mol. The highest BCUT2D eigenvalue weighted by Crippen LogP contribution is 2.25. The number of halogens is 2. The van der Waals surface area contributed by atoms with Gasteiger partial charge >= 0.3 is 0 Å². The van der Waals surface area contributed by atoms with E-state index in [0.717, 1.165) is 11.1 Å². The number of benzene rings is 2. The highest BCUT2D eigenvalue weighted by Gasteiger charge is 2.17. The van der Waals surface area contributed by atoms with E-state index in [1.54, 1.807) is 41.2 Å². The maximum absolute atomic E-state index is 13.2. The Labute approximate surface area is 157 Å². The van der Waals surface area contributed by atoms with E-state index >= 15 is 0 Å². The summed E-state index contributed by atoms with van der Waals surface area (Å²) in [6.45, 7) is 0. The van der Waals surface area contributed by atoms with Crippen molar-refractivity contribution in [2.75, 3.05) is 0 Å². The quantitative estimate of drug-likeness (QED) is 0.430. The van der Waals surface area contributed by atoms with Gasteiger partial charge in [-0.2, -0.15) is 4.52 Å². The minimum absolute atomic E-state index is 0.186. The van der Waals surface area contributed by atoms with Crippen LogP contribution in [0.25, 0.3) is 33.3 Å². The number of hydrogen-bond donors (Lipinski definition) is 0. The van der Waals surface area contributed by atoms with Crippen molar-refractivity contribution in [1.29, 1.82) is 0 Å². The smallest absolute Gasteiger partial charge is 0.267 e. The second kappa shape index (κ2) is 5.56. The molecule has 7 heteroatoms. The van der Waals surface area contributed by atoms with Crippen LogP contribution in [-0.2, 0) is 0 Å². The van der Waals surface area contributed by atoms with Crippen molar-refractivity contribution in [1.82, 2.24) is 19.2 Å². The van der Waals surface area contributed by atoms with Crippen molar-refractivity contribution in [3.05, 3.63) is 81.2 Å². The Bertz CT molecular complexity index is 1370. The van der Waals surface area contributed by atoms with Crippen molar-refractivity contribution in [3.8, 4) is 5.69 Å². The van der Waals surface area contributed by atoms with Crippen molar-refractivity contribution in [2.24, 2.45) is 0 Å². The third-order valence-electron chi connectivity index (χ3n) is 4.31. The molecule has 0 saturated heterocycles. The van der Waals surface area contributed by atoms with Crippen LogP contribution in [0.2, 0.25) is 10.0 Å². The van der Waals surface area contributed by atoms with Gasteiger partial charge in [-0.1, -0.05) is 23.2 Å². The van der Waals surface area contributed by atoms with Gasteiger partial charge in [0, 0.05) is 16.2 Å². The first-order valence-electron chi connectivity index (χ1n) is 7.87. The van der Waals surface area contributed by atoms with Gasteiger partial charge in [-0.3, -0.25) is 4.79 Å². The number of nitrogens with zero attached hydrogens (tertiary/aromatic N) is 4. The lowest BCUT2D eigenvalue weighted by molar-refractivity contribution is 0.786. The van der Waals surface area contributed by atoms with Crippen LogP contribution in [0.3, 0.4) is 0 Å². The molecule has 0 spiro atoms. The Morgan fingerprint density at radius 2 is 1.62 bits per heavy atom. The zero-order valence-corrected chi connectivity index (χ0v) is 14.7. The van der Waals surface area contributed by atoms with Crippen LogP contribution < -0.4 is 5.56 Å². The third-order valence-corrected chi connectivity index (χ3v) is 4.80. The normalized spacial score (nSPS) is 11.6. The molecule has 0 N–H and O–H groups in total. The topological polar surface area (TPSA) is 52.2 Å². The Balaban J connectivity index is 2.04. The molecule has 0 aliphatic carbocycles. The zero-order valence-electron chi connectivity index (χ0n) is 13.2. The second-order valence-corrected chi connectivity index (χ2v) is 6.75. The van der Waals surface area contributed by atoms with Gasteiger partial charge < -0.3 is 0 Å². The van der Waals surface area contributed by atoms with Crippen LogP contribution in [0.1, 0.15) is 0 Å². The summed E-state index contributed by atoms with van der Waals surface area (Å²) in [4.78, 5) is 22.4. The first-order chi connectivity index (χ1) is 12.6. The number of aromatic nitrogens is 4. The molecule has 0 aliphatic heterocycles. The molecule has 26 heavy (non-hydrogen) atoms. The largest absolute Gasteiger partial charge is 0.281 e. The molecule has 0 saturated carbocycles. The fourth-order valence-electron chi connectivity index (χ4n) is 3.16. The van der Waals surface area contributed by atoms with Crippen LogP contribution in [0.15, 0.2) is 65.6 Å². The van der Waals surface area contributed by atoms with Crippen LogP contribution >= 0.6 is 23.2 Å². The van der Waals surface area contributed by atoms with Crippen molar-refractivity contribution in [3.63, 3.8) is 0 Å². The molecule has 0 aliphatic rings. The average Bonchev–Trinajstić information content (AvgIpc) is 2.97. The van der Waals surface area contributed by atoms with Crippen LogP contribution in [0, 0.1) is 0 Å². The second-order valence-electron chi connectivity index (χ2n) is 5.88. The van der Waals surface area contributed by atoms with Gasteiger partial charge in [0.2, 0.25) is 0 Å². The monoisotopic (exact) mass is 380 g/mol. The first kappa shape index (κ1) is 15.4. The van der Waals surface area contributed by atoms with Crippen LogP contribution in [0.5, 0.6) is 0 Å². The summed E-state index contributed by atoms with van der Waals surface area (Å²) >= 11 is 12.1. The molecule has 3 aromatic heterocycles. The molecule has 0 amide bonds. The molecule has 126 valence electrons. The summed E-state index contributed by atoms with van der Waals surface area (Å²) in [5.74, 6) is 0. The summed E-state index contributed by atoms with van der Waals surface area (Å²) in [6.07, 6.45) is 1.69. The van der Waals surface area contributed by atoms with E-state index in [2.05, 4.69) is 9.97 Å². The van der Waals surface area contributed by atoms with Crippen molar-refractivity contribution >= 4 is 50.8 Å². The maximum atomic E-state index is 13.2. The standard InChI is InChI=1S/C19H10Cl2N4O/c20-11-3-6-13(7-4-11)24-17-15(2-1-9-22-17)18-23-16-10-12(21)5-8-14(16)19(26)25(18)24/h1-10H. The van der Waals surface area contributed by atoms with E-state index in [9.17, 15) is 4.79 Å². The lowest BCUT2D eigenvalue weighted by Gasteiger charge is -2.08. The Kier molecular flexibility index (Phi) is 3.29. The highest BCUT2D eigenvalue weighted by atomic mass is 35.5. The molecule has 0 fully saturated rings. The summed E-state index contributed by atoms with van der Waals surface area (Å²) in [5.41, 5.74) is 2.31. The van der Waals surface area contributed by atoms with E-state index < -0.39 is 0 Å². The van der Waals surface area contributed by atoms with Gasteiger partial charge in [-0.05, 0) is 54.6 Å². The molecule has 5 rings (SSSR count). The number of hydrogen-bond acceptors (Lipinski definition) is 3. The molecule has 2 aromatic carbocycles. The fraction of sp³-hybridized carbons (Fsp3) is 0. The molecule has 0 atom stereocenters. The summed E-state index contributed by atoms with van der Waals surface area (Å²) in [6, 6.07) is 16.0. The first-order valence-corrected chi connectivity index (χ1v) is 8.63. The summed E-state index contributed by atoms with van der Waals surface area (Å²) in [5, 5.41) is 2.42. The minimum atomic E-state index is -0.186. The van der Waals surface area contributed by atoms with Gasteiger partial charge in [0.05, 0.1) is 22.0 Å². The van der Waals surface area contributed by atoms with Gasteiger partial charge in [0.15, 0.2) is 11.3 Å². The van der Waals surface area contributed by atoms with Crippen molar-refractivity contribution < 1.29 is 0 Å². The van der Waals surface area contributed by atoms with E-state index in [0.29, 0.717) is 32.2 Å². The average molecular weight is 381 g/mol. The molecule has 0 radical (unpaired) electrons. The number of fused-ring (bicyclic) bond motifs is 4. The molecule has 0 unspecified atom stereocenters. The molecule has 5 aromatic rings. The molecule has 0 bridgehead atoms. The highest BCUT2D eigenvalue weighted by molar-refractivity contribution is 6.31. The predicted octanol–water partition coefficient (Wildman–Crippen LogP) is 4.49. The molecule has 5 nitrogen and oxygen atoms in total. The number of rotatable bonds is 1. The summed E-state index contributed by atoms with van der Waals surface area (Å²) < 4.78 is 3.29. The third kappa shape index (κ3) is 2.14. The Morgan fingerprint density at radius 3 is 2.42 bits per heavy atom. The van der Waals surface area contributed by atoms with Gasteiger partial charge in [-0.15, -0.1) is 0 Å². The lowest BCUT2D eigenvalue weighted by atomic mass is 10.2. The van der Waals surface area contributed by atoms with Gasteiger partial charge in [-0.25, -0.2) is 14.6 Å². The fourth-order valence-corrected chi connectivity index (χ4v) is 3.46. The lowest BCUT2D eigenvalue weighted by Crippen LogP contribution is -2.21. The van der Waals surface area contributed by atoms with E-state index in [-0.39, 0.29) is 5.56 Å². The SMILES string of the molecule is O=c1c2ccc(Cl)cc2nc2c3cccnc3n(-c3ccc(Cl)cc3)n12. The maximum Gasteiger partial charge on any atom is 0.281 e. The van der Waals surface area contributed by atoms with E-state index in [1.165, 1.54) is 4.52 Å².